The van der Waals surface area contributed by atoms with Crippen molar-refractivity contribution in [3.63, 3.8) is 0 Å². The number of aliphatic hydroxyl groups excluding tert-OH is 1. The van der Waals surface area contributed by atoms with Gasteiger partial charge >= 0.3 is 5.97 Å². The molecule has 21 heavy (non-hydrogen) atoms. The lowest BCUT2D eigenvalue weighted by Gasteiger charge is -2.49. The molecule has 3 aliphatic carbocycles. The molecule has 0 aromatic rings. The second kappa shape index (κ2) is 4.11. The fraction of sp³-hybridized carbons (Fsp3) is 0.824. The van der Waals surface area contributed by atoms with Gasteiger partial charge in [-0.05, 0) is 61.7 Å². The van der Waals surface area contributed by atoms with Gasteiger partial charge < -0.3 is 14.9 Å². The molecule has 2 fully saturated rings. The molecule has 0 bridgehead atoms. The molecule has 0 aromatic heterocycles. The molecule has 2 N–H and O–H groups in total. The van der Waals surface area contributed by atoms with Crippen LogP contribution in [-0.4, -0.2) is 28.1 Å². The van der Waals surface area contributed by atoms with E-state index in [2.05, 4.69) is 6.92 Å². The molecule has 4 nitrogen and oxygen atoms in total. The summed E-state index contributed by atoms with van der Waals surface area (Å²) in [5, 5.41) is 20.6. The van der Waals surface area contributed by atoms with Gasteiger partial charge in [0, 0.05) is 18.1 Å². The lowest BCUT2D eigenvalue weighted by molar-refractivity contribution is -0.175. The maximum Gasteiger partial charge on any atom is 0.337 e. The summed E-state index contributed by atoms with van der Waals surface area (Å²) in [7, 11) is 0. The van der Waals surface area contributed by atoms with E-state index in [1.54, 1.807) is 6.92 Å². The minimum Gasteiger partial charge on any atom is -0.426 e. The van der Waals surface area contributed by atoms with Crippen LogP contribution in [0.3, 0.4) is 0 Å². The van der Waals surface area contributed by atoms with Crippen LogP contribution in [0.5, 0.6) is 0 Å². The standard InChI is InChI=1S/C17H24O4/c1-16-8-7-10-9(11(16)5-6-13(16)18)3-4-12-14(10)15(19)21-17(12,2)20/h9-11,13,18,20H,3-8H2,1-2H3. The van der Waals surface area contributed by atoms with Crippen LogP contribution in [0.4, 0.5) is 0 Å². The predicted molar refractivity (Wildman–Crippen MR) is 76.0 cm³/mol. The van der Waals surface area contributed by atoms with Crippen LogP contribution in [0.1, 0.15) is 52.4 Å². The molecule has 4 rings (SSSR count). The first-order chi connectivity index (χ1) is 9.84. The fourth-order valence-electron chi connectivity index (χ4n) is 5.74. The van der Waals surface area contributed by atoms with Gasteiger partial charge in [0.15, 0.2) is 0 Å². The Hall–Kier alpha value is -0.870. The largest absolute Gasteiger partial charge is 0.426 e. The second-order valence-corrected chi connectivity index (χ2v) is 7.82. The van der Waals surface area contributed by atoms with E-state index in [4.69, 9.17) is 4.74 Å². The molecular formula is C17H24O4. The molecule has 0 amide bonds. The van der Waals surface area contributed by atoms with Crippen molar-refractivity contribution in [2.45, 2.75) is 64.3 Å². The SMILES string of the molecule is CC1(O)OC(=O)C2=C1CCC1C2CCC2(C)C(O)CCC12. The number of carbonyl (C=O) groups is 1. The van der Waals surface area contributed by atoms with Crippen molar-refractivity contribution in [3.05, 3.63) is 11.1 Å². The van der Waals surface area contributed by atoms with Crippen molar-refractivity contribution >= 4 is 5.97 Å². The van der Waals surface area contributed by atoms with Crippen molar-refractivity contribution < 1.29 is 19.7 Å². The number of aliphatic hydroxyl groups is 2. The molecule has 6 atom stereocenters. The summed E-state index contributed by atoms with van der Waals surface area (Å²) < 4.78 is 5.20. The van der Waals surface area contributed by atoms with Crippen LogP contribution >= 0.6 is 0 Å². The molecule has 0 spiro atoms. The van der Waals surface area contributed by atoms with Crippen molar-refractivity contribution in [3.8, 4) is 0 Å². The summed E-state index contributed by atoms with van der Waals surface area (Å²) in [5.41, 5.74) is 1.60. The van der Waals surface area contributed by atoms with Gasteiger partial charge in [0.2, 0.25) is 5.79 Å². The Morgan fingerprint density at radius 2 is 1.95 bits per heavy atom. The number of hydrogen-bond donors (Lipinski definition) is 2. The average Bonchev–Trinajstić information content (AvgIpc) is 2.85. The number of carbonyl (C=O) groups excluding carboxylic acids is 1. The second-order valence-electron chi connectivity index (χ2n) is 7.82. The van der Waals surface area contributed by atoms with Crippen molar-refractivity contribution in [1.82, 2.24) is 0 Å². The highest BCUT2D eigenvalue weighted by Crippen LogP contribution is 2.61. The summed E-state index contributed by atoms with van der Waals surface area (Å²) >= 11 is 0. The van der Waals surface area contributed by atoms with Crippen LogP contribution in [0.2, 0.25) is 0 Å². The van der Waals surface area contributed by atoms with Gasteiger partial charge in [0.05, 0.1) is 6.10 Å². The summed E-state index contributed by atoms with van der Waals surface area (Å²) in [6, 6.07) is 0. The lowest BCUT2D eigenvalue weighted by atomic mass is 9.55. The molecular weight excluding hydrogens is 268 g/mol. The Kier molecular flexibility index (Phi) is 2.69. The smallest absolute Gasteiger partial charge is 0.337 e. The zero-order valence-electron chi connectivity index (χ0n) is 12.8. The minimum atomic E-state index is -1.40. The summed E-state index contributed by atoms with van der Waals surface area (Å²) in [5.74, 6) is -0.530. The Balaban J connectivity index is 1.72. The number of cyclic esters (lactones) is 1. The first-order valence-electron chi connectivity index (χ1n) is 8.22. The van der Waals surface area contributed by atoms with Crippen LogP contribution in [-0.2, 0) is 9.53 Å². The first kappa shape index (κ1) is 13.8. The van der Waals surface area contributed by atoms with E-state index in [0.29, 0.717) is 11.8 Å². The Labute approximate surface area is 125 Å². The number of esters is 1. The van der Waals surface area contributed by atoms with Crippen LogP contribution < -0.4 is 0 Å². The van der Waals surface area contributed by atoms with E-state index >= 15 is 0 Å². The van der Waals surface area contributed by atoms with E-state index in [9.17, 15) is 15.0 Å². The van der Waals surface area contributed by atoms with Crippen LogP contribution in [0.15, 0.2) is 11.1 Å². The van der Waals surface area contributed by atoms with E-state index in [-0.39, 0.29) is 23.4 Å². The minimum absolute atomic E-state index is 0.0181. The number of rotatable bonds is 0. The van der Waals surface area contributed by atoms with Gasteiger partial charge in [-0.15, -0.1) is 0 Å². The number of hydrogen-bond acceptors (Lipinski definition) is 4. The zero-order chi connectivity index (χ0) is 15.0. The zero-order valence-corrected chi connectivity index (χ0v) is 12.8. The van der Waals surface area contributed by atoms with E-state index in [1.807, 2.05) is 0 Å². The molecule has 0 aromatic carbocycles. The molecule has 4 aliphatic rings. The maximum absolute atomic E-state index is 12.2. The normalized spacial score (nSPS) is 52.3. The Morgan fingerprint density at radius 1 is 1.19 bits per heavy atom. The molecule has 0 saturated heterocycles. The predicted octanol–water partition coefficient (Wildman–Crippen LogP) is 2.15. The third-order valence-corrected chi connectivity index (χ3v) is 6.88. The quantitative estimate of drug-likeness (QED) is 0.671. The van der Waals surface area contributed by atoms with Crippen molar-refractivity contribution in [1.29, 1.82) is 0 Å². The topological polar surface area (TPSA) is 66.8 Å². The average molecular weight is 292 g/mol. The van der Waals surface area contributed by atoms with Gasteiger partial charge in [-0.25, -0.2) is 4.79 Å². The molecule has 116 valence electrons. The fourth-order valence-corrected chi connectivity index (χ4v) is 5.74. The van der Waals surface area contributed by atoms with Gasteiger partial charge in [-0.3, -0.25) is 0 Å². The number of fused-ring (bicyclic) bond motifs is 4. The summed E-state index contributed by atoms with van der Waals surface area (Å²) in [6.07, 6.45) is 5.40. The Morgan fingerprint density at radius 3 is 2.71 bits per heavy atom. The molecule has 4 heteroatoms. The maximum atomic E-state index is 12.2. The van der Waals surface area contributed by atoms with Gasteiger partial charge in [0.1, 0.15) is 0 Å². The lowest BCUT2D eigenvalue weighted by Crippen LogP contribution is -2.45. The first-order valence-corrected chi connectivity index (χ1v) is 8.22. The third kappa shape index (κ3) is 1.66. The van der Waals surface area contributed by atoms with Crippen molar-refractivity contribution in [2.24, 2.45) is 23.2 Å². The van der Waals surface area contributed by atoms with Crippen LogP contribution in [0, 0.1) is 23.2 Å². The summed E-state index contributed by atoms with van der Waals surface area (Å²) in [6.45, 7) is 3.80. The monoisotopic (exact) mass is 292 g/mol. The van der Waals surface area contributed by atoms with E-state index in [1.165, 1.54) is 0 Å². The van der Waals surface area contributed by atoms with Gasteiger partial charge in [-0.2, -0.15) is 0 Å². The molecule has 0 radical (unpaired) electrons. The van der Waals surface area contributed by atoms with Crippen molar-refractivity contribution in [2.75, 3.05) is 0 Å². The van der Waals surface area contributed by atoms with E-state index < -0.39 is 5.79 Å². The van der Waals surface area contributed by atoms with Gasteiger partial charge in [-0.1, -0.05) is 6.92 Å². The third-order valence-electron chi connectivity index (χ3n) is 6.88. The molecule has 2 saturated carbocycles. The Bertz CT molecular complexity index is 535. The highest BCUT2D eigenvalue weighted by Gasteiger charge is 2.58. The van der Waals surface area contributed by atoms with Gasteiger partial charge in [0.25, 0.3) is 0 Å². The summed E-state index contributed by atoms with van der Waals surface area (Å²) in [4.78, 5) is 12.2. The molecule has 6 unspecified atom stereocenters. The highest BCUT2D eigenvalue weighted by atomic mass is 16.7. The molecule has 1 aliphatic heterocycles. The highest BCUT2D eigenvalue weighted by molar-refractivity contribution is 5.93. The van der Waals surface area contributed by atoms with E-state index in [0.717, 1.165) is 49.7 Å². The van der Waals surface area contributed by atoms with Crippen LogP contribution in [0.25, 0.3) is 0 Å². The number of ether oxygens (including phenoxy) is 1. The molecule has 1 heterocycles.